The predicted octanol–water partition coefficient (Wildman–Crippen LogP) is 6.26. The van der Waals surface area contributed by atoms with Crippen molar-refractivity contribution in [1.29, 1.82) is 0 Å². The lowest BCUT2D eigenvalue weighted by Gasteiger charge is -2.10. The third-order valence-electron chi connectivity index (χ3n) is 4.59. The molecule has 0 saturated heterocycles. The van der Waals surface area contributed by atoms with Gasteiger partial charge in [-0.15, -0.1) is 0 Å². The number of halogens is 1. The van der Waals surface area contributed by atoms with Crippen molar-refractivity contribution in [2.45, 2.75) is 40.0 Å². The predicted molar refractivity (Wildman–Crippen MR) is 107 cm³/mol. The van der Waals surface area contributed by atoms with E-state index in [1.165, 1.54) is 5.56 Å². The molecular formula is C21H23ClN2O2. The number of benzene rings is 2. The maximum absolute atomic E-state index is 12.0. The first-order valence-electron chi connectivity index (χ1n) is 8.90. The minimum Gasteiger partial charge on any atom is -0.436 e. The summed E-state index contributed by atoms with van der Waals surface area (Å²) in [6.07, 6.45) is 1.08. The van der Waals surface area contributed by atoms with Crippen molar-refractivity contribution in [2.75, 3.05) is 5.32 Å². The summed E-state index contributed by atoms with van der Waals surface area (Å²) in [5.74, 6) is 0.781. The van der Waals surface area contributed by atoms with Gasteiger partial charge in [-0.25, -0.2) is 4.98 Å². The van der Waals surface area contributed by atoms with E-state index in [-0.39, 0.29) is 11.8 Å². The number of oxazole rings is 1. The van der Waals surface area contributed by atoms with E-state index in [1.807, 2.05) is 26.0 Å². The van der Waals surface area contributed by atoms with Crippen molar-refractivity contribution in [2.24, 2.45) is 5.92 Å². The highest BCUT2D eigenvalue weighted by atomic mass is 35.5. The summed E-state index contributed by atoms with van der Waals surface area (Å²) >= 11 is 6.22. The second-order valence-electron chi connectivity index (χ2n) is 6.89. The van der Waals surface area contributed by atoms with Crippen molar-refractivity contribution < 1.29 is 9.21 Å². The molecule has 3 rings (SSSR count). The molecule has 0 radical (unpaired) electrons. The Morgan fingerprint density at radius 3 is 2.65 bits per heavy atom. The molecule has 1 amide bonds. The van der Waals surface area contributed by atoms with Crippen molar-refractivity contribution in [1.82, 2.24) is 4.98 Å². The van der Waals surface area contributed by atoms with Crippen molar-refractivity contribution >= 4 is 34.3 Å². The Labute approximate surface area is 158 Å². The van der Waals surface area contributed by atoms with E-state index >= 15 is 0 Å². The van der Waals surface area contributed by atoms with E-state index in [4.69, 9.17) is 16.0 Å². The van der Waals surface area contributed by atoms with Gasteiger partial charge in [0.25, 0.3) is 0 Å². The molecule has 4 nitrogen and oxygen atoms in total. The van der Waals surface area contributed by atoms with Crippen LogP contribution in [0.1, 0.15) is 45.6 Å². The number of carbonyl (C=O) groups is 1. The topological polar surface area (TPSA) is 55.1 Å². The number of nitrogens with zero attached hydrogens (tertiary/aromatic N) is 1. The van der Waals surface area contributed by atoms with Crippen LogP contribution in [-0.2, 0) is 4.79 Å². The first-order valence-corrected chi connectivity index (χ1v) is 9.28. The fraction of sp³-hybridized carbons (Fsp3) is 0.333. The molecule has 2 aromatic carbocycles. The standard InChI is InChI=1S/C21H23ClN2O2/c1-5-13(4)14-7-9-19-18(10-14)24-21(26-19)15-6-8-16(22)17(11-15)23-20(25)12(2)3/h6-13H,5H2,1-4H3,(H,23,25)/t13-/m0/s1. The van der Waals surface area contributed by atoms with E-state index in [9.17, 15) is 4.79 Å². The van der Waals surface area contributed by atoms with Crippen LogP contribution in [0.3, 0.4) is 0 Å². The Kier molecular flexibility index (Phi) is 5.33. The maximum Gasteiger partial charge on any atom is 0.227 e. The molecule has 0 aliphatic carbocycles. The third-order valence-corrected chi connectivity index (χ3v) is 4.92. The molecule has 0 saturated carbocycles. The highest BCUT2D eigenvalue weighted by molar-refractivity contribution is 6.33. The number of fused-ring (bicyclic) bond motifs is 1. The number of carbonyl (C=O) groups excluding carboxylic acids is 1. The van der Waals surface area contributed by atoms with Gasteiger partial charge in [0.2, 0.25) is 11.8 Å². The Bertz CT molecular complexity index is 946. The van der Waals surface area contributed by atoms with Gasteiger partial charge >= 0.3 is 0 Å². The number of hydrogen-bond donors (Lipinski definition) is 1. The van der Waals surface area contributed by atoms with Crippen molar-refractivity contribution in [3.8, 4) is 11.5 Å². The van der Waals surface area contributed by atoms with Gasteiger partial charge in [0.1, 0.15) is 5.52 Å². The van der Waals surface area contributed by atoms with E-state index < -0.39 is 0 Å². The average Bonchev–Trinajstić information content (AvgIpc) is 3.05. The number of amides is 1. The molecule has 3 aromatic rings. The second-order valence-corrected chi connectivity index (χ2v) is 7.30. The number of nitrogens with one attached hydrogen (secondary N) is 1. The lowest BCUT2D eigenvalue weighted by atomic mass is 9.98. The first-order chi connectivity index (χ1) is 12.4. The zero-order chi connectivity index (χ0) is 18.8. The largest absolute Gasteiger partial charge is 0.436 e. The van der Waals surface area contributed by atoms with Crippen molar-refractivity contribution in [3.63, 3.8) is 0 Å². The lowest BCUT2D eigenvalue weighted by Crippen LogP contribution is -2.17. The minimum absolute atomic E-state index is 0.0835. The highest BCUT2D eigenvalue weighted by Crippen LogP contribution is 2.32. The Morgan fingerprint density at radius 1 is 1.19 bits per heavy atom. The van der Waals surface area contributed by atoms with Crippen LogP contribution in [-0.4, -0.2) is 10.9 Å². The van der Waals surface area contributed by atoms with Gasteiger partial charge in [-0.05, 0) is 48.2 Å². The zero-order valence-electron chi connectivity index (χ0n) is 15.5. The summed E-state index contributed by atoms with van der Waals surface area (Å²) in [6, 6.07) is 11.5. The molecule has 0 aliphatic heterocycles. The number of anilines is 1. The van der Waals surface area contributed by atoms with E-state index in [2.05, 4.69) is 36.3 Å². The Balaban J connectivity index is 1.97. The van der Waals surface area contributed by atoms with E-state index in [0.29, 0.717) is 22.5 Å². The number of aromatic nitrogens is 1. The number of rotatable bonds is 5. The fourth-order valence-corrected chi connectivity index (χ4v) is 2.81. The van der Waals surface area contributed by atoms with E-state index in [1.54, 1.807) is 12.1 Å². The second kappa shape index (κ2) is 7.50. The normalized spacial score (nSPS) is 12.5. The van der Waals surface area contributed by atoms with Gasteiger partial charge in [0.15, 0.2) is 5.58 Å². The van der Waals surface area contributed by atoms with Crippen LogP contribution in [0.2, 0.25) is 5.02 Å². The summed E-state index contributed by atoms with van der Waals surface area (Å²) in [5, 5.41) is 3.33. The van der Waals surface area contributed by atoms with Crippen LogP contribution < -0.4 is 5.32 Å². The van der Waals surface area contributed by atoms with Crippen LogP contribution in [0.5, 0.6) is 0 Å². The molecule has 0 unspecified atom stereocenters. The summed E-state index contributed by atoms with van der Waals surface area (Å²) in [5.41, 5.74) is 4.16. The quantitative estimate of drug-likeness (QED) is 0.576. The molecule has 0 bridgehead atoms. The Hall–Kier alpha value is -2.33. The van der Waals surface area contributed by atoms with Crippen molar-refractivity contribution in [3.05, 3.63) is 47.0 Å². The fourth-order valence-electron chi connectivity index (χ4n) is 2.64. The third kappa shape index (κ3) is 3.75. The molecule has 26 heavy (non-hydrogen) atoms. The molecule has 5 heteroatoms. The van der Waals surface area contributed by atoms with Gasteiger partial charge in [-0.3, -0.25) is 4.79 Å². The SMILES string of the molecule is CC[C@H](C)c1ccc2oc(-c3ccc(Cl)c(NC(=O)C(C)C)c3)nc2c1. The Morgan fingerprint density at radius 2 is 1.96 bits per heavy atom. The maximum atomic E-state index is 12.0. The summed E-state index contributed by atoms with van der Waals surface area (Å²) in [7, 11) is 0. The van der Waals surface area contributed by atoms with Gasteiger partial charge in [0, 0.05) is 11.5 Å². The van der Waals surface area contributed by atoms with Crippen LogP contribution in [0.4, 0.5) is 5.69 Å². The molecule has 1 N–H and O–H groups in total. The van der Waals surface area contributed by atoms with Crippen LogP contribution in [0, 0.1) is 5.92 Å². The highest BCUT2D eigenvalue weighted by Gasteiger charge is 2.14. The van der Waals surface area contributed by atoms with Crippen LogP contribution in [0.15, 0.2) is 40.8 Å². The molecule has 0 fully saturated rings. The zero-order valence-corrected chi connectivity index (χ0v) is 16.2. The first kappa shape index (κ1) is 18.5. The van der Waals surface area contributed by atoms with Gasteiger partial charge < -0.3 is 9.73 Å². The molecule has 1 atom stereocenters. The molecule has 0 aliphatic rings. The number of hydrogen-bond acceptors (Lipinski definition) is 3. The average molecular weight is 371 g/mol. The monoisotopic (exact) mass is 370 g/mol. The molecule has 0 spiro atoms. The molecular weight excluding hydrogens is 348 g/mol. The van der Waals surface area contributed by atoms with E-state index in [0.717, 1.165) is 23.1 Å². The molecule has 136 valence electrons. The van der Waals surface area contributed by atoms with Gasteiger partial charge in [-0.2, -0.15) is 0 Å². The minimum atomic E-state index is -0.127. The van der Waals surface area contributed by atoms with Crippen LogP contribution in [0.25, 0.3) is 22.6 Å². The summed E-state index contributed by atoms with van der Waals surface area (Å²) in [4.78, 5) is 16.6. The van der Waals surface area contributed by atoms with Gasteiger partial charge in [0.05, 0.1) is 10.7 Å². The van der Waals surface area contributed by atoms with Gasteiger partial charge in [-0.1, -0.05) is 45.4 Å². The van der Waals surface area contributed by atoms with Crippen LogP contribution >= 0.6 is 11.6 Å². The summed E-state index contributed by atoms with van der Waals surface area (Å²) < 4.78 is 5.90. The summed E-state index contributed by atoms with van der Waals surface area (Å²) in [6.45, 7) is 8.04. The lowest BCUT2D eigenvalue weighted by molar-refractivity contribution is -0.118. The molecule has 1 heterocycles. The molecule has 1 aromatic heterocycles. The smallest absolute Gasteiger partial charge is 0.227 e.